The second-order valence-corrected chi connectivity index (χ2v) is 6.65. The minimum absolute atomic E-state index is 0.0103. The van der Waals surface area contributed by atoms with Gasteiger partial charge in [-0.3, -0.25) is 9.59 Å². The number of hydrogen-bond acceptors (Lipinski definition) is 5. The first-order chi connectivity index (χ1) is 11.0. The molecule has 0 aliphatic carbocycles. The lowest BCUT2D eigenvalue weighted by Crippen LogP contribution is -2.49. The largest absolute Gasteiger partial charge is 0.354 e. The number of H-pyrrole nitrogens is 1. The molecule has 1 aliphatic heterocycles. The van der Waals surface area contributed by atoms with E-state index in [2.05, 4.69) is 14.9 Å². The third-order valence-corrected chi connectivity index (χ3v) is 5.09. The van der Waals surface area contributed by atoms with E-state index in [9.17, 15) is 9.59 Å². The number of thiazole rings is 1. The molecule has 0 bridgehead atoms. The Balaban J connectivity index is 1.73. The van der Waals surface area contributed by atoms with E-state index >= 15 is 0 Å². The number of nitrogens with zero attached hydrogens (tertiary/aromatic N) is 3. The molecule has 1 fully saturated rings. The van der Waals surface area contributed by atoms with E-state index in [4.69, 9.17) is 0 Å². The Kier molecular flexibility index (Phi) is 4.21. The summed E-state index contributed by atoms with van der Waals surface area (Å²) in [7, 11) is 0. The van der Waals surface area contributed by atoms with Gasteiger partial charge in [0.25, 0.3) is 5.91 Å². The highest BCUT2D eigenvalue weighted by Gasteiger charge is 2.27. The van der Waals surface area contributed by atoms with Gasteiger partial charge in [0.1, 0.15) is 5.69 Å². The molecule has 0 unspecified atom stereocenters. The van der Waals surface area contributed by atoms with Gasteiger partial charge in [0.15, 0.2) is 10.9 Å². The van der Waals surface area contributed by atoms with Gasteiger partial charge in [0, 0.05) is 49.0 Å². The van der Waals surface area contributed by atoms with E-state index in [1.165, 1.54) is 6.92 Å². The van der Waals surface area contributed by atoms with Crippen LogP contribution in [-0.2, 0) is 0 Å². The maximum Gasteiger partial charge on any atom is 0.270 e. The zero-order chi connectivity index (χ0) is 16.6. The first-order valence-electron chi connectivity index (χ1n) is 7.63. The minimum Gasteiger partial charge on any atom is -0.354 e. The normalized spacial score (nSPS) is 15.1. The third kappa shape index (κ3) is 2.88. The molecule has 122 valence electrons. The van der Waals surface area contributed by atoms with Gasteiger partial charge in [-0.2, -0.15) is 0 Å². The summed E-state index contributed by atoms with van der Waals surface area (Å²) in [5, 5.41) is 2.96. The Bertz CT molecular complexity index is 728. The number of carbonyl (C=O) groups excluding carboxylic acids is 2. The predicted octanol–water partition coefficient (Wildman–Crippen LogP) is 2.25. The fourth-order valence-corrected chi connectivity index (χ4v) is 3.82. The van der Waals surface area contributed by atoms with Gasteiger partial charge in [-0.25, -0.2) is 4.98 Å². The van der Waals surface area contributed by atoms with Gasteiger partial charge < -0.3 is 14.8 Å². The highest BCUT2D eigenvalue weighted by atomic mass is 32.1. The van der Waals surface area contributed by atoms with Crippen LogP contribution in [0.5, 0.6) is 0 Å². The quantitative estimate of drug-likeness (QED) is 0.875. The lowest BCUT2D eigenvalue weighted by molar-refractivity contribution is 0.0740. The molecule has 6 nitrogen and oxygen atoms in total. The van der Waals surface area contributed by atoms with Crippen molar-refractivity contribution in [3.63, 3.8) is 0 Å². The maximum atomic E-state index is 12.8. The third-order valence-electron chi connectivity index (χ3n) is 4.26. The molecule has 2 aromatic heterocycles. The summed E-state index contributed by atoms with van der Waals surface area (Å²) < 4.78 is 0. The minimum atomic E-state index is -0.0307. The molecular formula is C16H20N4O2S. The van der Waals surface area contributed by atoms with Crippen LogP contribution in [0.3, 0.4) is 0 Å². The smallest absolute Gasteiger partial charge is 0.270 e. The number of carbonyl (C=O) groups is 2. The monoisotopic (exact) mass is 332 g/mol. The fourth-order valence-electron chi connectivity index (χ4n) is 3.12. The number of aryl methyl sites for hydroxylation is 1. The zero-order valence-corrected chi connectivity index (χ0v) is 14.4. The molecule has 1 saturated heterocycles. The molecule has 7 heteroatoms. The molecule has 0 atom stereocenters. The van der Waals surface area contributed by atoms with Gasteiger partial charge in [0.2, 0.25) is 0 Å². The van der Waals surface area contributed by atoms with Gasteiger partial charge in [-0.1, -0.05) is 0 Å². The standard InChI is InChI=1S/C16H20N4O2S/c1-10-13(12(3)21)11(2)18-14(10)15(22)19-5-7-20(8-6-19)16-17-4-9-23-16/h4,9,18H,5-8H2,1-3H3. The highest BCUT2D eigenvalue weighted by Crippen LogP contribution is 2.22. The molecule has 0 saturated carbocycles. The molecule has 0 spiro atoms. The average molecular weight is 332 g/mol. The molecule has 23 heavy (non-hydrogen) atoms. The van der Waals surface area contributed by atoms with Gasteiger partial charge in [-0.05, 0) is 26.3 Å². The summed E-state index contributed by atoms with van der Waals surface area (Å²) >= 11 is 1.61. The summed E-state index contributed by atoms with van der Waals surface area (Å²) in [6, 6.07) is 0. The summed E-state index contributed by atoms with van der Waals surface area (Å²) in [4.78, 5) is 35.9. The Morgan fingerprint density at radius 2 is 1.91 bits per heavy atom. The van der Waals surface area contributed by atoms with Crippen LogP contribution in [0.25, 0.3) is 0 Å². The van der Waals surface area contributed by atoms with Crippen molar-refractivity contribution in [3.05, 3.63) is 34.1 Å². The van der Waals surface area contributed by atoms with Crippen LogP contribution < -0.4 is 4.90 Å². The number of hydrogen-bond donors (Lipinski definition) is 1. The van der Waals surface area contributed by atoms with Crippen molar-refractivity contribution in [1.29, 1.82) is 0 Å². The van der Waals surface area contributed by atoms with Crippen LogP contribution in [-0.4, -0.2) is 52.7 Å². The number of nitrogens with one attached hydrogen (secondary N) is 1. The number of aromatic nitrogens is 2. The molecule has 3 heterocycles. The van der Waals surface area contributed by atoms with E-state index in [-0.39, 0.29) is 11.7 Å². The van der Waals surface area contributed by atoms with Gasteiger partial charge >= 0.3 is 0 Å². The first-order valence-corrected chi connectivity index (χ1v) is 8.50. The van der Waals surface area contributed by atoms with Crippen molar-refractivity contribution in [1.82, 2.24) is 14.9 Å². The fraction of sp³-hybridized carbons (Fsp3) is 0.438. The second-order valence-electron chi connectivity index (χ2n) is 5.78. The number of amides is 1. The Labute approximate surface area is 139 Å². The number of rotatable bonds is 3. The molecule has 3 rings (SSSR count). The molecule has 1 amide bonds. The predicted molar refractivity (Wildman–Crippen MR) is 90.5 cm³/mol. The van der Waals surface area contributed by atoms with Crippen LogP contribution in [0.1, 0.15) is 39.0 Å². The maximum absolute atomic E-state index is 12.8. The van der Waals surface area contributed by atoms with E-state index in [0.717, 1.165) is 29.5 Å². The van der Waals surface area contributed by atoms with Gasteiger partial charge in [0.05, 0.1) is 0 Å². The molecule has 0 aromatic carbocycles. The van der Waals surface area contributed by atoms with Crippen molar-refractivity contribution in [2.75, 3.05) is 31.1 Å². The van der Waals surface area contributed by atoms with Crippen LogP contribution in [0.2, 0.25) is 0 Å². The number of Topliss-reactive ketones (excluding diaryl/α,β-unsaturated/α-hetero) is 1. The summed E-state index contributed by atoms with van der Waals surface area (Å²) in [5.41, 5.74) is 2.69. The molecular weight excluding hydrogens is 312 g/mol. The Hall–Kier alpha value is -2.15. The van der Waals surface area contributed by atoms with Crippen LogP contribution >= 0.6 is 11.3 Å². The molecule has 2 aromatic rings. The van der Waals surface area contributed by atoms with Crippen molar-refractivity contribution in [2.45, 2.75) is 20.8 Å². The molecule has 1 aliphatic rings. The lowest BCUT2D eigenvalue weighted by atomic mass is 10.1. The average Bonchev–Trinajstić information content (AvgIpc) is 3.15. The topological polar surface area (TPSA) is 69.3 Å². The van der Waals surface area contributed by atoms with Crippen molar-refractivity contribution in [3.8, 4) is 0 Å². The molecule has 0 radical (unpaired) electrons. The van der Waals surface area contributed by atoms with E-state index in [1.807, 2.05) is 24.1 Å². The number of aromatic amines is 1. The van der Waals surface area contributed by atoms with Crippen LogP contribution in [0.4, 0.5) is 5.13 Å². The number of ketones is 1. The summed E-state index contributed by atoms with van der Waals surface area (Å²) in [6.45, 7) is 8.07. The summed E-state index contributed by atoms with van der Waals surface area (Å²) in [5.74, 6) is -0.0409. The molecule has 1 N–H and O–H groups in total. The Morgan fingerprint density at radius 3 is 2.43 bits per heavy atom. The SMILES string of the molecule is CC(=O)c1c(C)[nH]c(C(=O)N2CCN(c3nccs3)CC2)c1C. The van der Waals surface area contributed by atoms with Gasteiger partial charge in [-0.15, -0.1) is 11.3 Å². The van der Waals surface area contributed by atoms with E-state index in [0.29, 0.717) is 24.3 Å². The second kappa shape index (κ2) is 6.16. The van der Waals surface area contributed by atoms with E-state index in [1.54, 1.807) is 17.5 Å². The zero-order valence-electron chi connectivity index (χ0n) is 13.5. The van der Waals surface area contributed by atoms with Crippen LogP contribution in [0, 0.1) is 13.8 Å². The van der Waals surface area contributed by atoms with Crippen LogP contribution in [0.15, 0.2) is 11.6 Å². The Morgan fingerprint density at radius 1 is 1.22 bits per heavy atom. The first kappa shape index (κ1) is 15.7. The van der Waals surface area contributed by atoms with Crippen molar-refractivity contribution >= 4 is 28.2 Å². The number of piperazine rings is 1. The number of anilines is 1. The van der Waals surface area contributed by atoms with Crippen molar-refractivity contribution < 1.29 is 9.59 Å². The lowest BCUT2D eigenvalue weighted by Gasteiger charge is -2.34. The highest BCUT2D eigenvalue weighted by molar-refractivity contribution is 7.13. The van der Waals surface area contributed by atoms with Crippen molar-refractivity contribution in [2.24, 2.45) is 0 Å². The summed E-state index contributed by atoms with van der Waals surface area (Å²) in [6.07, 6.45) is 1.80. The van der Waals surface area contributed by atoms with E-state index < -0.39 is 0 Å².